The Labute approximate surface area is 127 Å². The molecule has 2 aromatic rings. The number of rotatable bonds is 3. The second-order valence-electron chi connectivity index (χ2n) is 4.23. The monoisotopic (exact) mass is 354 g/mol. The van der Waals surface area contributed by atoms with Crippen LogP contribution in [0.1, 0.15) is 5.56 Å². The Morgan fingerprint density at radius 3 is 2.86 bits per heavy atom. The molecular formula is C14H9BrF2N2O2. The minimum Gasteiger partial charge on any atom is -0.454 e. The largest absolute Gasteiger partial charge is 0.454 e. The molecule has 0 atom stereocenters. The smallest absolute Gasteiger partial charge is 0.231 e. The Bertz CT molecular complexity index is 722. The highest BCUT2D eigenvalue weighted by Crippen LogP contribution is 2.39. The minimum absolute atomic E-state index is 0.0902. The molecule has 0 fully saturated rings. The molecule has 7 heteroatoms. The Hall–Kier alpha value is -2.15. The van der Waals surface area contributed by atoms with Gasteiger partial charge in [0.2, 0.25) is 6.79 Å². The molecule has 3 rings (SSSR count). The summed E-state index contributed by atoms with van der Waals surface area (Å²) < 4.78 is 37.5. The molecule has 0 saturated carbocycles. The number of anilines is 1. The van der Waals surface area contributed by atoms with E-state index in [-0.39, 0.29) is 12.5 Å². The molecule has 0 spiro atoms. The van der Waals surface area contributed by atoms with Crippen molar-refractivity contribution in [3.8, 4) is 11.5 Å². The van der Waals surface area contributed by atoms with Gasteiger partial charge < -0.3 is 9.47 Å². The molecule has 0 aliphatic carbocycles. The van der Waals surface area contributed by atoms with Gasteiger partial charge in [0.1, 0.15) is 5.82 Å². The highest BCUT2D eigenvalue weighted by Gasteiger charge is 2.17. The first-order valence-electron chi connectivity index (χ1n) is 5.97. The Morgan fingerprint density at radius 1 is 1.19 bits per heavy atom. The molecule has 1 aliphatic heterocycles. The fourth-order valence-electron chi connectivity index (χ4n) is 1.82. The number of hydrazone groups is 1. The van der Waals surface area contributed by atoms with Crippen molar-refractivity contribution in [1.82, 2.24) is 0 Å². The molecular weight excluding hydrogens is 346 g/mol. The maximum absolute atomic E-state index is 13.4. The van der Waals surface area contributed by atoms with Crippen LogP contribution in [0.4, 0.5) is 14.5 Å². The summed E-state index contributed by atoms with van der Waals surface area (Å²) in [5.41, 5.74) is 3.34. The minimum atomic E-state index is -0.709. The van der Waals surface area contributed by atoms with Crippen LogP contribution >= 0.6 is 15.9 Å². The average molecular weight is 355 g/mol. The normalized spacial score (nSPS) is 12.9. The van der Waals surface area contributed by atoms with Crippen molar-refractivity contribution in [2.45, 2.75) is 0 Å². The van der Waals surface area contributed by atoms with Gasteiger partial charge in [-0.25, -0.2) is 8.78 Å². The van der Waals surface area contributed by atoms with Gasteiger partial charge in [0.25, 0.3) is 0 Å². The standard InChI is InChI=1S/C14H9BrF2N2O2/c15-10-3-8(4-13-14(10)21-7-20-13)6-18-19-12-2-1-9(16)5-11(12)17/h1-6,19H,7H2/b18-6-. The summed E-state index contributed by atoms with van der Waals surface area (Å²) in [6.45, 7) is 0.174. The summed E-state index contributed by atoms with van der Waals surface area (Å²) in [7, 11) is 0. The molecule has 1 aliphatic rings. The molecule has 0 unspecified atom stereocenters. The summed E-state index contributed by atoms with van der Waals surface area (Å²) in [4.78, 5) is 0. The Balaban J connectivity index is 1.76. The zero-order valence-electron chi connectivity index (χ0n) is 10.6. The van der Waals surface area contributed by atoms with Crippen LogP contribution in [0.2, 0.25) is 0 Å². The second kappa shape index (κ2) is 5.69. The van der Waals surface area contributed by atoms with Gasteiger partial charge in [-0.3, -0.25) is 5.43 Å². The van der Waals surface area contributed by atoms with Gasteiger partial charge in [-0.1, -0.05) is 0 Å². The number of halogens is 3. The molecule has 2 aromatic carbocycles. The zero-order chi connectivity index (χ0) is 14.8. The summed E-state index contributed by atoms with van der Waals surface area (Å²) >= 11 is 3.37. The fraction of sp³-hybridized carbons (Fsp3) is 0.0714. The average Bonchev–Trinajstić information content (AvgIpc) is 2.90. The number of nitrogens with zero attached hydrogens (tertiary/aromatic N) is 1. The molecule has 4 nitrogen and oxygen atoms in total. The SMILES string of the molecule is Fc1ccc(N/N=C\c2cc(Br)c3c(c2)OCO3)c(F)c1. The van der Waals surface area contributed by atoms with Gasteiger partial charge in [-0.2, -0.15) is 5.10 Å². The van der Waals surface area contributed by atoms with E-state index in [9.17, 15) is 8.78 Å². The van der Waals surface area contributed by atoms with E-state index in [1.165, 1.54) is 12.3 Å². The van der Waals surface area contributed by atoms with Crippen LogP contribution < -0.4 is 14.9 Å². The van der Waals surface area contributed by atoms with Gasteiger partial charge in [0.05, 0.1) is 16.4 Å². The molecule has 0 saturated heterocycles. The number of benzene rings is 2. The number of hydrogen-bond donors (Lipinski definition) is 1. The van der Waals surface area contributed by atoms with Crippen molar-refractivity contribution >= 4 is 27.8 Å². The van der Waals surface area contributed by atoms with E-state index >= 15 is 0 Å². The maximum atomic E-state index is 13.4. The lowest BCUT2D eigenvalue weighted by molar-refractivity contribution is 0.173. The van der Waals surface area contributed by atoms with Crippen molar-refractivity contribution in [3.05, 3.63) is 52.0 Å². The van der Waals surface area contributed by atoms with Crippen molar-refractivity contribution in [3.63, 3.8) is 0 Å². The quantitative estimate of drug-likeness (QED) is 0.671. The molecule has 0 amide bonds. The van der Waals surface area contributed by atoms with Crippen LogP contribution in [0.15, 0.2) is 39.9 Å². The predicted octanol–water partition coefficient (Wildman–Crippen LogP) is 3.90. The molecule has 21 heavy (non-hydrogen) atoms. The summed E-state index contributed by atoms with van der Waals surface area (Å²) in [5, 5.41) is 3.91. The van der Waals surface area contributed by atoms with Crippen LogP contribution in [0.5, 0.6) is 11.5 Å². The van der Waals surface area contributed by atoms with Gasteiger partial charge in [-0.05, 0) is 45.8 Å². The summed E-state index contributed by atoms with van der Waals surface area (Å²) in [5.74, 6) is -0.0933. The Morgan fingerprint density at radius 2 is 2.05 bits per heavy atom. The number of hydrogen-bond acceptors (Lipinski definition) is 4. The van der Waals surface area contributed by atoms with Crippen molar-refractivity contribution in [2.24, 2.45) is 5.10 Å². The molecule has 0 aromatic heterocycles. The lowest BCUT2D eigenvalue weighted by atomic mass is 10.2. The molecule has 1 N–H and O–H groups in total. The third-order valence-corrected chi connectivity index (χ3v) is 3.37. The third-order valence-electron chi connectivity index (χ3n) is 2.78. The molecule has 108 valence electrons. The number of ether oxygens (including phenoxy) is 2. The number of fused-ring (bicyclic) bond motifs is 1. The van der Waals surface area contributed by atoms with Gasteiger partial charge >= 0.3 is 0 Å². The highest BCUT2D eigenvalue weighted by atomic mass is 79.9. The van der Waals surface area contributed by atoms with Crippen molar-refractivity contribution in [1.29, 1.82) is 0 Å². The first-order valence-corrected chi connectivity index (χ1v) is 6.76. The van der Waals surface area contributed by atoms with Gasteiger partial charge in [-0.15, -0.1) is 0 Å². The predicted molar refractivity (Wildman–Crippen MR) is 77.8 cm³/mol. The third kappa shape index (κ3) is 2.97. The van der Waals surface area contributed by atoms with Crippen LogP contribution in [0.25, 0.3) is 0 Å². The lowest BCUT2D eigenvalue weighted by Gasteiger charge is -2.03. The van der Waals surface area contributed by atoms with Crippen molar-refractivity contribution < 1.29 is 18.3 Å². The van der Waals surface area contributed by atoms with Crippen LogP contribution in [-0.2, 0) is 0 Å². The van der Waals surface area contributed by atoms with E-state index in [0.717, 1.165) is 22.2 Å². The maximum Gasteiger partial charge on any atom is 0.231 e. The summed E-state index contributed by atoms with van der Waals surface area (Å²) in [6.07, 6.45) is 1.50. The van der Waals surface area contributed by atoms with Crippen LogP contribution in [-0.4, -0.2) is 13.0 Å². The van der Waals surface area contributed by atoms with Crippen molar-refractivity contribution in [2.75, 3.05) is 12.2 Å². The van der Waals surface area contributed by atoms with E-state index in [1.807, 2.05) is 0 Å². The number of nitrogens with one attached hydrogen (secondary N) is 1. The van der Waals surface area contributed by atoms with Gasteiger partial charge in [0, 0.05) is 6.07 Å². The van der Waals surface area contributed by atoms with Crippen LogP contribution in [0, 0.1) is 11.6 Å². The highest BCUT2D eigenvalue weighted by molar-refractivity contribution is 9.10. The topological polar surface area (TPSA) is 42.9 Å². The van der Waals surface area contributed by atoms with E-state index in [4.69, 9.17) is 9.47 Å². The first kappa shape index (κ1) is 13.8. The van der Waals surface area contributed by atoms with Crippen LogP contribution in [0.3, 0.4) is 0 Å². The lowest BCUT2D eigenvalue weighted by Crippen LogP contribution is -1.94. The fourth-order valence-corrected chi connectivity index (χ4v) is 2.39. The second-order valence-corrected chi connectivity index (χ2v) is 5.09. The van der Waals surface area contributed by atoms with E-state index in [0.29, 0.717) is 11.5 Å². The van der Waals surface area contributed by atoms with Gasteiger partial charge in [0.15, 0.2) is 17.3 Å². The molecule has 0 radical (unpaired) electrons. The van der Waals surface area contributed by atoms with E-state index < -0.39 is 11.6 Å². The molecule has 0 bridgehead atoms. The zero-order valence-corrected chi connectivity index (χ0v) is 12.2. The Kier molecular flexibility index (Phi) is 3.74. The van der Waals surface area contributed by atoms with E-state index in [2.05, 4.69) is 26.5 Å². The summed E-state index contributed by atoms with van der Waals surface area (Å²) in [6, 6.07) is 6.75. The molecule has 1 heterocycles. The first-order chi connectivity index (χ1) is 10.1. The van der Waals surface area contributed by atoms with E-state index in [1.54, 1.807) is 12.1 Å².